The first-order chi connectivity index (χ1) is 12.8. The van der Waals surface area contributed by atoms with Gasteiger partial charge in [0, 0.05) is 20.1 Å². The second-order valence-corrected chi connectivity index (χ2v) is 10.5. The van der Waals surface area contributed by atoms with E-state index in [2.05, 4.69) is 15.6 Å². The number of hydrogen-bond acceptors (Lipinski definition) is 3. The monoisotopic (exact) mass is 549 g/mol. The van der Waals surface area contributed by atoms with E-state index in [1.54, 1.807) is 33.9 Å². The lowest BCUT2D eigenvalue weighted by atomic mass is 9.96. The van der Waals surface area contributed by atoms with Crippen molar-refractivity contribution in [1.29, 1.82) is 0 Å². The molecule has 0 aliphatic carbocycles. The van der Waals surface area contributed by atoms with Crippen molar-refractivity contribution < 1.29 is 21.6 Å². The molecule has 0 bridgehead atoms. The van der Waals surface area contributed by atoms with Gasteiger partial charge in [0.25, 0.3) is 0 Å². The largest absolute Gasteiger partial charge is 0.416 e. The topological polar surface area (TPSA) is 70.6 Å². The minimum Gasteiger partial charge on any atom is -0.356 e. The second-order valence-electron chi connectivity index (χ2n) is 7.67. The van der Waals surface area contributed by atoms with E-state index < -0.39 is 26.3 Å². The van der Waals surface area contributed by atoms with Crippen LogP contribution in [0.5, 0.6) is 0 Å². The van der Waals surface area contributed by atoms with Gasteiger partial charge in [-0.3, -0.25) is 4.99 Å². The van der Waals surface area contributed by atoms with E-state index in [0.29, 0.717) is 24.5 Å². The average Bonchev–Trinajstić information content (AvgIpc) is 2.58. The van der Waals surface area contributed by atoms with Crippen LogP contribution >= 0.6 is 24.0 Å². The van der Waals surface area contributed by atoms with Crippen molar-refractivity contribution in [3.8, 4) is 0 Å². The summed E-state index contributed by atoms with van der Waals surface area (Å²) in [6.07, 6.45) is -3.75. The SMILES string of the molecule is CN=C(NCCC(C)c1cccc(C(F)(F)F)c1)NCCS(=O)(=O)C(C)(C)C.I. The predicted molar refractivity (Wildman–Crippen MR) is 123 cm³/mol. The third-order valence-electron chi connectivity index (χ3n) is 4.47. The summed E-state index contributed by atoms with van der Waals surface area (Å²) < 4.78 is 61.9. The highest BCUT2D eigenvalue weighted by Gasteiger charge is 2.30. The quantitative estimate of drug-likeness (QED) is 0.304. The van der Waals surface area contributed by atoms with Gasteiger partial charge in [0.2, 0.25) is 0 Å². The predicted octanol–water partition coefficient (Wildman–Crippen LogP) is 4.20. The molecule has 29 heavy (non-hydrogen) atoms. The van der Waals surface area contributed by atoms with Crippen molar-refractivity contribution in [2.45, 2.75) is 51.0 Å². The Bertz CT molecular complexity index is 776. The number of sulfone groups is 1. The number of rotatable bonds is 7. The summed E-state index contributed by atoms with van der Waals surface area (Å²) in [5.41, 5.74) is -0.0295. The van der Waals surface area contributed by atoms with Crippen molar-refractivity contribution in [3.05, 3.63) is 35.4 Å². The van der Waals surface area contributed by atoms with Crippen molar-refractivity contribution >= 4 is 39.8 Å². The van der Waals surface area contributed by atoms with Crippen molar-refractivity contribution in [2.75, 3.05) is 25.9 Å². The molecule has 2 N–H and O–H groups in total. The summed E-state index contributed by atoms with van der Waals surface area (Å²) in [4.78, 5) is 4.04. The molecule has 0 saturated heterocycles. The van der Waals surface area contributed by atoms with Crippen LogP contribution in [-0.4, -0.2) is 45.0 Å². The van der Waals surface area contributed by atoms with E-state index in [-0.39, 0.29) is 42.2 Å². The van der Waals surface area contributed by atoms with E-state index in [1.165, 1.54) is 12.1 Å². The molecule has 0 spiro atoms. The van der Waals surface area contributed by atoms with Gasteiger partial charge >= 0.3 is 6.18 Å². The molecule has 1 aromatic rings. The zero-order valence-electron chi connectivity index (χ0n) is 17.4. The third-order valence-corrected chi connectivity index (χ3v) is 7.08. The molecule has 1 atom stereocenters. The first-order valence-corrected chi connectivity index (χ1v) is 10.8. The van der Waals surface area contributed by atoms with Crippen LogP contribution < -0.4 is 10.6 Å². The van der Waals surface area contributed by atoms with E-state index in [9.17, 15) is 21.6 Å². The van der Waals surface area contributed by atoms with Gasteiger partial charge in [0.1, 0.15) is 0 Å². The number of nitrogens with one attached hydrogen (secondary N) is 2. The van der Waals surface area contributed by atoms with Crippen LogP contribution in [0.15, 0.2) is 29.3 Å². The van der Waals surface area contributed by atoms with Crippen LogP contribution in [0.25, 0.3) is 0 Å². The molecule has 0 aliphatic rings. The van der Waals surface area contributed by atoms with Crippen LogP contribution in [0, 0.1) is 0 Å². The van der Waals surface area contributed by atoms with Crippen LogP contribution in [-0.2, 0) is 16.0 Å². The maximum Gasteiger partial charge on any atom is 0.416 e. The first kappa shape index (κ1) is 28.0. The molecule has 10 heteroatoms. The molecule has 0 aromatic heterocycles. The Morgan fingerprint density at radius 1 is 1.14 bits per heavy atom. The molecular weight excluding hydrogens is 518 g/mol. The molecule has 5 nitrogen and oxygen atoms in total. The van der Waals surface area contributed by atoms with Gasteiger partial charge < -0.3 is 10.6 Å². The van der Waals surface area contributed by atoms with E-state index >= 15 is 0 Å². The fraction of sp³-hybridized carbons (Fsp3) is 0.632. The summed E-state index contributed by atoms with van der Waals surface area (Å²) in [5.74, 6) is 0.368. The average molecular weight is 549 g/mol. The molecule has 0 fully saturated rings. The molecule has 0 heterocycles. The number of guanidine groups is 1. The summed E-state index contributed by atoms with van der Waals surface area (Å²) in [6.45, 7) is 7.55. The van der Waals surface area contributed by atoms with Gasteiger partial charge in [-0.1, -0.05) is 25.1 Å². The fourth-order valence-corrected chi connectivity index (χ4v) is 3.41. The Balaban J connectivity index is 0.00000784. The standard InChI is InChI=1S/C19H30F3N3O2S.HI/c1-14(15-7-6-8-16(13-15)19(20,21)22)9-10-24-17(23-5)25-11-12-28(26,27)18(2,3)4;/h6-8,13-14H,9-12H2,1-5H3,(H2,23,24,25);1H. The summed E-state index contributed by atoms with van der Waals surface area (Å²) in [7, 11) is -1.65. The van der Waals surface area contributed by atoms with Crippen molar-refractivity contribution in [3.63, 3.8) is 0 Å². The number of aliphatic imine (C=N–C) groups is 1. The maximum atomic E-state index is 12.8. The van der Waals surface area contributed by atoms with Crippen molar-refractivity contribution in [2.24, 2.45) is 4.99 Å². The van der Waals surface area contributed by atoms with Gasteiger partial charge in [-0.15, -0.1) is 24.0 Å². The molecule has 0 radical (unpaired) electrons. The normalized spacial score (nSPS) is 14.1. The maximum absolute atomic E-state index is 12.8. The van der Waals surface area contributed by atoms with Gasteiger partial charge in [-0.05, 0) is 44.7 Å². The molecule has 1 unspecified atom stereocenters. The molecule has 0 saturated carbocycles. The van der Waals surface area contributed by atoms with E-state index in [0.717, 1.165) is 6.07 Å². The lowest BCUT2D eigenvalue weighted by Gasteiger charge is -2.20. The lowest BCUT2D eigenvalue weighted by Crippen LogP contribution is -2.42. The molecule has 1 aromatic carbocycles. The molecule has 0 amide bonds. The van der Waals surface area contributed by atoms with Gasteiger partial charge in [-0.25, -0.2) is 8.42 Å². The summed E-state index contributed by atoms with van der Waals surface area (Å²) >= 11 is 0. The van der Waals surface area contributed by atoms with Gasteiger partial charge in [0.15, 0.2) is 15.8 Å². The number of benzene rings is 1. The van der Waals surface area contributed by atoms with Crippen LogP contribution in [0.3, 0.4) is 0 Å². The third kappa shape index (κ3) is 9.10. The number of alkyl halides is 3. The Morgan fingerprint density at radius 2 is 1.72 bits per heavy atom. The highest BCUT2D eigenvalue weighted by molar-refractivity contribution is 14.0. The highest BCUT2D eigenvalue weighted by Crippen LogP contribution is 2.31. The Labute approximate surface area is 188 Å². The smallest absolute Gasteiger partial charge is 0.356 e. The number of halogens is 4. The van der Waals surface area contributed by atoms with E-state index in [1.807, 2.05) is 6.92 Å². The van der Waals surface area contributed by atoms with Gasteiger partial charge in [-0.2, -0.15) is 13.2 Å². The van der Waals surface area contributed by atoms with Crippen LogP contribution in [0.2, 0.25) is 0 Å². The molecular formula is C19H31F3IN3O2S. The summed E-state index contributed by atoms with van der Waals surface area (Å²) in [5, 5.41) is 6.01. The van der Waals surface area contributed by atoms with Crippen LogP contribution in [0.4, 0.5) is 13.2 Å². The zero-order valence-corrected chi connectivity index (χ0v) is 20.6. The number of hydrogen-bond donors (Lipinski definition) is 2. The zero-order chi connectivity index (χ0) is 21.6. The van der Waals surface area contributed by atoms with E-state index in [4.69, 9.17) is 0 Å². The Kier molecular flexibility index (Phi) is 11.0. The minimum atomic E-state index is -4.35. The van der Waals surface area contributed by atoms with Gasteiger partial charge in [0.05, 0.1) is 16.1 Å². The molecule has 168 valence electrons. The Morgan fingerprint density at radius 3 is 2.24 bits per heavy atom. The fourth-order valence-electron chi connectivity index (χ4n) is 2.43. The summed E-state index contributed by atoms with van der Waals surface area (Å²) in [6, 6.07) is 5.34. The molecule has 0 aliphatic heterocycles. The number of nitrogens with zero attached hydrogens (tertiary/aromatic N) is 1. The second kappa shape index (κ2) is 11.4. The lowest BCUT2D eigenvalue weighted by molar-refractivity contribution is -0.137. The highest BCUT2D eigenvalue weighted by atomic mass is 127. The molecule has 1 rings (SSSR count). The minimum absolute atomic E-state index is 0. The first-order valence-electron chi connectivity index (χ1n) is 9.12. The van der Waals surface area contributed by atoms with Crippen LogP contribution in [0.1, 0.15) is 51.2 Å². The van der Waals surface area contributed by atoms with Crippen molar-refractivity contribution in [1.82, 2.24) is 10.6 Å². The Hall–Kier alpha value is -1.04.